The molecule has 2 rings (SSSR count). The quantitative estimate of drug-likeness (QED) is 0.705. The number of nitrogens with two attached hydrogens (primary N) is 2. The van der Waals surface area contributed by atoms with Gasteiger partial charge in [-0.2, -0.15) is 0 Å². The molecule has 26 heavy (non-hydrogen) atoms. The van der Waals surface area contributed by atoms with Gasteiger partial charge in [-0.25, -0.2) is 4.79 Å². The van der Waals surface area contributed by atoms with Gasteiger partial charge in [-0.05, 0) is 34.7 Å². The van der Waals surface area contributed by atoms with Gasteiger partial charge in [0, 0.05) is 25.2 Å². The summed E-state index contributed by atoms with van der Waals surface area (Å²) < 4.78 is 5.76. The molecule has 0 spiro atoms. The molecule has 0 aliphatic heterocycles. The summed E-state index contributed by atoms with van der Waals surface area (Å²) in [7, 11) is 1.44. The van der Waals surface area contributed by atoms with Crippen LogP contribution in [0.1, 0.15) is 31.9 Å². The number of amides is 1. The van der Waals surface area contributed by atoms with E-state index in [2.05, 4.69) is 32.9 Å². The molecule has 5 N–H and O–H groups in total. The van der Waals surface area contributed by atoms with E-state index in [1.54, 1.807) is 18.2 Å². The van der Waals surface area contributed by atoms with Crippen LogP contribution in [0.25, 0.3) is 0 Å². The van der Waals surface area contributed by atoms with Crippen molar-refractivity contribution < 1.29 is 14.6 Å². The SMILES string of the molecule is CN(C(=O)O)c1cc(OCCc2ccc(C(C)(C)C)c(N)c2)ccc1N. The molecular weight excluding hydrogens is 330 g/mol. The Morgan fingerprint density at radius 3 is 2.38 bits per heavy atom. The van der Waals surface area contributed by atoms with Crippen LogP contribution in [0.15, 0.2) is 36.4 Å². The van der Waals surface area contributed by atoms with Gasteiger partial charge in [0.2, 0.25) is 0 Å². The van der Waals surface area contributed by atoms with Crippen LogP contribution in [0.4, 0.5) is 21.9 Å². The van der Waals surface area contributed by atoms with Gasteiger partial charge in [0.1, 0.15) is 5.75 Å². The summed E-state index contributed by atoms with van der Waals surface area (Å²) >= 11 is 0. The zero-order chi connectivity index (χ0) is 19.5. The number of carbonyl (C=O) groups is 1. The fourth-order valence-electron chi connectivity index (χ4n) is 2.74. The molecule has 0 aliphatic rings. The minimum atomic E-state index is -1.08. The van der Waals surface area contributed by atoms with Gasteiger partial charge in [0.05, 0.1) is 18.0 Å². The first-order chi connectivity index (χ1) is 12.1. The molecule has 1 amide bonds. The smallest absolute Gasteiger partial charge is 0.411 e. The minimum absolute atomic E-state index is 0.00957. The van der Waals surface area contributed by atoms with Crippen molar-refractivity contribution in [3.63, 3.8) is 0 Å². The lowest BCUT2D eigenvalue weighted by Crippen LogP contribution is -2.24. The molecule has 0 aliphatic carbocycles. The lowest BCUT2D eigenvalue weighted by Gasteiger charge is -2.21. The number of anilines is 3. The van der Waals surface area contributed by atoms with Crippen LogP contribution in [-0.4, -0.2) is 24.9 Å². The normalized spacial score (nSPS) is 11.2. The highest BCUT2D eigenvalue weighted by Gasteiger charge is 2.17. The summed E-state index contributed by atoms with van der Waals surface area (Å²) in [6.07, 6.45) is -0.383. The Morgan fingerprint density at radius 1 is 1.12 bits per heavy atom. The fourth-order valence-corrected chi connectivity index (χ4v) is 2.74. The van der Waals surface area contributed by atoms with E-state index in [4.69, 9.17) is 21.3 Å². The third-order valence-electron chi connectivity index (χ3n) is 4.23. The summed E-state index contributed by atoms with van der Waals surface area (Å²) in [6.45, 7) is 6.85. The standard InChI is InChI=1S/C20H27N3O3/c1-20(2,3)15-7-5-13(11-17(15)22)9-10-26-14-6-8-16(21)18(12-14)23(4)19(24)25/h5-8,11-12H,9-10,21-22H2,1-4H3,(H,24,25). The first-order valence-electron chi connectivity index (χ1n) is 8.47. The highest BCUT2D eigenvalue weighted by Crippen LogP contribution is 2.29. The topological polar surface area (TPSA) is 102 Å². The predicted octanol–water partition coefficient (Wildman–Crippen LogP) is 3.88. The van der Waals surface area contributed by atoms with Crippen LogP contribution in [0.3, 0.4) is 0 Å². The summed E-state index contributed by atoms with van der Waals surface area (Å²) in [5.74, 6) is 0.571. The summed E-state index contributed by atoms with van der Waals surface area (Å²) in [6, 6.07) is 11.1. The molecule has 0 bridgehead atoms. The molecule has 140 valence electrons. The van der Waals surface area contributed by atoms with Crippen molar-refractivity contribution in [2.75, 3.05) is 30.0 Å². The Balaban J connectivity index is 2.03. The highest BCUT2D eigenvalue weighted by atomic mass is 16.5. The molecule has 6 nitrogen and oxygen atoms in total. The zero-order valence-corrected chi connectivity index (χ0v) is 15.7. The maximum atomic E-state index is 11.1. The lowest BCUT2D eigenvalue weighted by atomic mass is 9.85. The van der Waals surface area contributed by atoms with E-state index in [1.807, 2.05) is 6.07 Å². The van der Waals surface area contributed by atoms with Crippen LogP contribution in [0.2, 0.25) is 0 Å². The Hall–Kier alpha value is -2.89. The number of rotatable bonds is 5. The third kappa shape index (κ3) is 4.59. The van der Waals surface area contributed by atoms with Gasteiger partial charge in [-0.1, -0.05) is 32.9 Å². The van der Waals surface area contributed by atoms with Crippen molar-refractivity contribution in [3.05, 3.63) is 47.5 Å². The highest BCUT2D eigenvalue weighted by molar-refractivity contribution is 5.90. The summed E-state index contributed by atoms with van der Waals surface area (Å²) in [4.78, 5) is 12.2. The monoisotopic (exact) mass is 357 g/mol. The molecule has 6 heteroatoms. The van der Waals surface area contributed by atoms with Crippen molar-refractivity contribution in [2.24, 2.45) is 0 Å². The molecule has 0 fully saturated rings. The van der Waals surface area contributed by atoms with Crippen LogP contribution in [0, 0.1) is 0 Å². The number of hydrogen-bond donors (Lipinski definition) is 3. The van der Waals surface area contributed by atoms with Crippen molar-refractivity contribution in [1.82, 2.24) is 0 Å². The average molecular weight is 357 g/mol. The van der Waals surface area contributed by atoms with Gasteiger partial charge in [-0.15, -0.1) is 0 Å². The van der Waals surface area contributed by atoms with Gasteiger partial charge in [0.25, 0.3) is 0 Å². The first kappa shape index (κ1) is 19.4. The number of nitrogens with zero attached hydrogens (tertiary/aromatic N) is 1. The summed E-state index contributed by atoms with van der Waals surface area (Å²) in [5, 5.41) is 9.10. The molecule has 0 aromatic heterocycles. The largest absolute Gasteiger partial charge is 0.493 e. The van der Waals surface area contributed by atoms with Gasteiger partial charge in [0.15, 0.2) is 0 Å². The van der Waals surface area contributed by atoms with Crippen LogP contribution in [-0.2, 0) is 11.8 Å². The Morgan fingerprint density at radius 2 is 1.81 bits per heavy atom. The minimum Gasteiger partial charge on any atom is -0.493 e. The number of benzene rings is 2. The third-order valence-corrected chi connectivity index (χ3v) is 4.23. The molecular formula is C20H27N3O3. The Kier molecular flexibility index (Phi) is 5.65. The van der Waals surface area contributed by atoms with Crippen molar-refractivity contribution in [1.29, 1.82) is 0 Å². The van der Waals surface area contributed by atoms with Crippen LogP contribution in [0.5, 0.6) is 5.75 Å². The maximum Gasteiger partial charge on any atom is 0.411 e. The van der Waals surface area contributed by atoms with E-state index < -0.39 is 6.09 Å². The van der Waals surface area contributed by atoms with Crippen molar-refractivity contribution >= 4 is 23.2 Å². The molecule has 0 heterocycles. The predicted molar refractivity (Wildman–Crippen MR) is 106 cm³/mol. The molecule has 0 radical (unpaired) electrons. The van der Waals surface area contributed by atoms with Crippen LogP contribution < -0.4 is 21.1 Å². The lowest BCUT2D eigenvalue weighted by molar-refractivity contribution is 0.203. The Bertz CT molecular complexity index is 797. The van der Waals surface area contributed by atoms with Gasteiger partial charge in [-0.3, -0.25) is 4.90 Å². The summed E-state index contributed by atoms with van der Waals surface area (Å²) in [5.41, 5.74) is 15.8. The van der Waals surface area contributed by atoms with Crippen molar-refractivity contribution in [3.8, 4) is 5.75 Å². The molecule has 0 atom stereocenters. The van der Waals surface area contributed by atoms with E-state index in [9.17, 15) is 4.79 Å². The second-order valence-electron chi connectivity index (χ2n) is 7.33. The van der Waals surface area contributed by atoms with Gasteiger partial charge >= 0.3 is 6.09 Å². The first-order valence-corrected chi connectivity index (χ1v) is 8.47. The van der Waals surface area contributed by atoms with E-state index >= 15 is 0 Å². The molecule has 0 saturated heterocycles. The molecule has 0 unspecified atom stereocenters. The zero-order valence-electron chi connectivity index (χ0n) is 15.7. The number of hydrogen-bond acceptors (Lipinski definition) is 4. The molecule has 2 aromatic carbocycles. The van der Waals surface area contributed by atoms with Crippen molar-refractivity contribution in [2.45, 2.75) is 32.6 Å². The van der Waals surface area contributed by atoms with E-state index in [1.165, 1.54) is 7.05 Å². The second-order valence-corrected chi connectivity index (χ2v) is 7.33. The van der Waals surface area contributed by atoms with E-state index in [0.29, 0.717) is 30.2 Å². The number of carboxylic acid groups (broad SMARTS) is 1. The maximum absolute atomic E-state index is 11.1. The number of nitrogen functional groups attached to an aromatic ring is 2. The van der Waals surface area contributed by atoms with Crippen LogP contribution >= 0.6 is 0 Å². The molecule has 0 saturated carbocycles. The van der Waals surface area contributed by atoms with Gasteiger partial charge < -0.3 is 21.3 Å². The fraction of sp³-hybridized carbons (Fsp3) is 0.350. The van der Waals surface area contributed by atoms with E-state index in [-0.39, 0.29) is 5.41 Å². The second kappa shape index (κ2) is 7.56. The van der Waals surface area contributed by atoms with E-state index in [0.717, 1.165) is 21.7 Å². The average Bonchev–Trinajstić information content (AvgIpc) is 2.54. The number of ether oxygens (including phenoxy) is 1. The molecule has 2 aromatic rings. The Labute approximate surface area is 154 Å².